The number of phenols is 1. The summed E-state index contributed by atoms with van der Waals surface area (Å²) < 4.78 is 0. The lowest BCUT2D eigenvalue weighted by Gasteiger charge is -2.08. The van der Waals surface area contributed by atoms with Crippen LogP contribution in [-0.4, -0.2) is 33.9 Å². The van der Waals surface area contributed by atoms with Crippen molar-refractivity contribution in [2.75, 3.05) is 7.05 Å². The Morgan fingerprint density at radius 1 is 0.821 bits per heavy atom. The minimum Gasteiger partial charge on any atom is -0.508 e. The Morgan fingerprint density at radius 2 is 1.50 bits per heavy atom. The Kier molecular flexibility index (Phi) is 2.66. The van der Waals surface area contributed by atoms with E-state index in [4.69, 9.17) is 0 Å². The van der Waals surface area contributed by atoms with Crippen LogP contribution >= 0.6 is 0 Å². The molecule has 1 aromatic heterocycles. The van der Waals surface area contributed by atoms with Gasteiger partial charge in [0.2, 0.25) is 0 Å². The van der Waals surface area contributed by atoms with Gasteiger partial charge in [0.25, 0.3) is 11.8 Å². The van der Waals surface area contributed by atoms with Gasteiger partial charge in [0.15, 0.2) is 0 Å². The quantitative estimate of drug-likeness (QED) is 0.312. The predicted octanol–water partition coefficient (Wildman–Crippen LogP) is 4.56. The van der Waals surface area contributed by atoms with Gasteiger partial charge in [-0.2, -0.15) is 0 Å². The van der Waals surface area contributed by atoms with Gasteiger partial charge in [0.05, 0.1) is 22.2 Å². The van der Waals surface area contributed by atoms with E-state index in [1.807, 2.05) is 30.3 Å². The number of hydrogen-bond donors (Lipinski definition) is 2. The average molecular weight is 366 g/mol. The number of H-pyrrole nitrogens is 1. The number of carbonyl (C=O) groups is 2. The molecule has 2 N–H and O–H groups in total. The summed E-state index contributed by atoms with van der Waals surface area (Å²) in [6.07, 6.45) is 0. The van der Waals surface area contributed by atoms with Gasteiger partial charge in [-0.25, -0.2) is 0 Å². The lowest BCUT2D eigenvalue weighted by molar-refractivity contribution is 0.0694. The van der Waals surface area contributed by atoms with Gasteiger partial charge < -0.3 is 10.1 Å². The first-order chi connectivity index (χ1) is 13.5. The monoisotopic (exact) mass is 366 g/mol. The van der Waals surface area contributed by atoms with Crippen molar-refractivity contribution in [1.29, 1.82) is 0 Å². The lowest BCUT2D eigenvalue weighted by Crippen LogP contribution is -2.24. The number of benzene rings is 4. The van der Waals surface area contributed by atoms with Crippen LogP contribution in [0.5, 0.6) is 5.75 Å². The summed E-state index contributed by atoms with van der Waals surface area (Å²) in [5.74, 6) is -0.436. The topological polar surface area (TPSA) is 73.4 Å². The molecule has 6 rings (SSSR count). The van der Waals surface area contributed by atoms with Crippen LogP contribution in [0.15, 0.2) is 54.6 Å². The van der Waals surface area contributed by atoms with Crippen LogP contribution in [0.1, 0.15) is 20.7 Å². The van der Waals surface area contributed by atoms with Crippen LogP contribution in [-0.2, 0) is 0 Å². The highest BCUT2D eigenvalue weighted by molar-refractivity contribution is 6.37. The first kappa shape index (κ1) is 15.2. The second-order valence-corrected chi connectivity index (χ2v) is 7.27. The Bertz CT molecular complexity index is 1530. The number of nitrogens with zero attached hydrogens (tertiary/aromatic N) is 1. The molecule has 0 saturated heterocycles. The van der Waals surface area contributed by atoms with Gasteiger partial charge in [0, 0.05) is 29.3 Å². The number of phenolic OH excluding ortho intramolecular Hbond substituents is 1. The fourth-order valence-corrected chi connectivity index (χ4v) is 4.42. The summed E-state index contributed by atoms with van der Waals surface area (Å²) in [6.45, 7) is 0. The zero-order valence-electron chi connectivity index (χ0n) is 14.9. The van der Waals surface area contributed by atoms with Crippen molar-refractivity contribution < 1.29 is 14.7 Å². The van der Waals surface area contributed by atoms with Gasteiger partial charge in [0.1, 0.15) is 5.75 Å². The molecule has 2 heterocycles. The van der Waals surface area contributed by atoms with E-state index < -0.39 is 0 Å². The molecule has 5 nitrogen and oxygen atoms in total. The van der Waals surface area contributed by atoms with Crippen molar-refractivity contribution in [3.63, 3.8) is 0 Å². The van der Waals surface area contributed by atoms with E-state index in [0.717, 1.165) is 43.4 Å². The van der Waals surface area contributed by atoms with Gasteiger partial charge >= 0.3 is 0 Å². The number of fused-ring (bicyclic) bond motifs is 9. The van der Waals surface area contributed by atoms with Crippen LogP contribution in [0.25, 0.3) is 43.4 Å². The van der Waals surface area contributed by atoms with E-state index in [1.165, 1.54) is 11.9 Å². The standard InChI is InChI=1S/C23H14N2O3/c1-25-22(27)19-15-8-11-4-2-3-5-12(11)9-16(15)21-18(20(19)23(25)28)14-7-6-13(26)10-17(14)24-21/h2-10,24,26H,1H3. The number of nitrogens with one attached hydrogen (secondary N) is 1. The molecule has 5 aromatic rings. The summed E-state index contributed by atoms with van der Waals surface area (Å²) in [5, 5.41) is 15.2. The molecule has 0 fully saturated rings. The van der Waals surface area contributed by atoms with Crippen LogP contribution in [0.2, 0.25) is 0 Å². The fraction of sp³-hybridized carbons (Fsp3) is 0.0435. The maximum Gasteiger partial charge on any atom is 0.262 e. The molecule has 0 aliphatic carbocycles. The molecule has 0 spiro atoms. The zero-order chi connectivity index (χ0) is 19.2. The Morgan fingerprint density at radius 3 is 2.25 bits per heavy atom. The molecule has 0 unspecified atom stereocenters. The van der Waals surface area contributed by atoms with E-state index in [-0.39, 0.29) is 17.6 Å². The Labute approximate surface area is 158 Å². The molecular weight excluding hydrogens is 352 g/mol. The third kappa shape index (κ3) is 1.71. The van der Waals surface area contributed by atoms with Gasteiger partial charge in [-0.3, -0.25) is 14.5 Å². The molecule has 4 aromatic carbocycles. The minimum absolute atomic E-state index is 0.143. The van der Waals surface area contributed by atoms with Crippen molar-refractivity contribution in [1.82, 2.24) is 9.88 Å². The van der Waals surface area contributed by atoms with E-state index in [2.05, 4.69) is 11.1 Å². The van der Waals surface area contributed by atoms with Crippen LogP contribution in [0.4, 0.5) is 0 Å². The van der Waals surface area contributed by atoms with Gasteiger partial charge in [-0.15, -0.1) is 0 Å². The smallest absolute Gasteiger partial charge is 0.262 e. The molecule has 134 valence electrons. The van der Waals surface area contributed by atoms with Crippen molar-refractivity contribution in [2.45, 2.75) is 0 Å². The number of hydrogen-bond acceptors (Lipinski definition) is 3. The fourth-order valence-electron chi connectivity index (χ4n) is 4.42. The van der Waals surface area contributed by atoms with Gasteiger partial charge in [-0.1, -0.05) is 24.3 Å². The Balaban J connectivity index is 1.96. The molecule has 2 amide bonds. The minimum atomic E-state index is -0.297. The average Bonchev–Trinajstić information content (AvgIpc) is 3.17. The van der Waals surface area contributed by atoms with E-state index >= 15 is 0 Å². The number of aromatic nitrogens is 1. The van der Waals surface area contributed by atoms with Gasteiger partial charge in [-0.05, 0) is 40.4 Å². The molecule has 0 atom stereocenters. The maximum absolute atomic E-state index is 13.0. The first-order valence-electron chi connectivity index (χ1n) is 9.00. The summed E-state index contributed by atoms with van der Waals surface area (Å²) >= 11 is 0. The van der Waals surface area contributed by atoms with Crippen molar-refractivity contribution in [2.24, 2.45) is 0 Å². The summed E-state index contributed by atoms with van der Waals surface area (Å²) in [7, 11) is 1.52. The molecule has 0 saturated carbocycles. The van der Waals surface area contributed by atoms with E-state index in [0.29, 0.717) is 11.1 Å². The van der Waals surface area contributed by atoms with Crippen molar-refractivity contribution in [3.05, 3.63) is 65.7 Å². The number of imide groups is 1. The normalized spacial score (nSPS) is 14.1. The third-order valence-electron chi connectivity index (χ3n) is 5.74. The Hall–Kier alpha value is -3.86. The highest BCUT2D eigenvalue weighted by atomic mass is 16.3. The summed E-state index contributed by atoms with van der Waals surface area (Å²) in [6, 6.07) is 17.0. The highest BCUT2D eigenvalue weighted by Gasteiger charge is 2.37. The van der Waals surface area contributed by atoms with Crippen LogP contribution < -0.4 is 0 Å². The number of aromatic amines is 1. The number of amides is 2. The number of rotatable bonds is 0. The van der Waals surface area contributed by atoms with Crippen LogP contribution in [0, 0.1) is 0 Å². The molecule has 0 radical (unpaired) electrons. The maximum atomic E-state index is 13.0. The molecule has 5 heteroatoms. The number of carbonyl (C=O) groups excluding carboxylic acids is 2. The molecule has 0 bridgehead atoms. The largest absolute Gasteiger partial charge is 0.508 e. The summed E-state index contributed by atoms with van der Waals surface area (Å²) in [4.78, 5) is 30.5. The number of aromatic hydroxyl groups is 1. The molecule has 1 aliphatic rings. The lowest BCUT2D eigenvalue weighted by atomic mass is 9.93. The molecule has 28 heavy (non-hydrogen) atoms. The second-order valence-electron chi connectivity index (χ2n) is 7.27. The molecular formula is C23H14N2O3. The summed E-state index contributed by atoms with van der Waals surface area (Å²) in [5.41, 5.74) is 2.42. The molecule has 1 aliphatic heterocycles. The van der Waals surface area contributed by atoms with Crippen LogP contribution in [0.3, 0.4) is 0 Å². The van der Waals surface area contributed by atoms with E-state index in [9.17, 15) is 14.7 Å². The second kappa shape index (κ2) is 4.89. The highest BCUT2D eigenvalue weighted by Crippen LogP contribution is 2.42. The zero-order valence-corrected chi connectivity index (χ0v) is 14.9. The first-order valence-corrected chi connectivity index (χ1v) is 9.00. The SMILES string of the molecule is CN1C(=O)c2c(c3c4ccc(O)cc4[nH]c3c3cc4ccccc4cc23)C1=O. The van der Waals surface area contributed by atoms with E-state index in [1.54, 1.807) is 18.2 Å². The van der Waals surface area contributed by atoms with Crippen molar-refractivity contribution >= 4 is 55.2 Å². The van der Waals surface area contributed by atoms with Crippen molar-refractivity contribution in [3.8, 4) is 5.75 Å². The third-order valence-corrected chi connectivity index (χ3v) is 5.74. The predicted molar refractivity (Wildman–Crippen MR) is 109 cm³/mol.